The van der Waals surface area contributed by atoms with Gasteiger partial charge in [0.05, 0.1) is 17.7 Å². The number of thiophene rings is 1. The van der Waals surface area contributed by atoms with Crippen LogP contribution >= 0.6 is 11.3 Å². The molecule has 23 heavy (non-hydrogen) atoms. The van der Waals surface area contributed by atoms with Crippen LogP contribution in [0.4, 0.5) is 5.00 Å². The van der Waals surface area contributed by atoms with Gasteiger partial charge in [-0.15, -0.1) is 11.3 Å². The molecule has 0 saturated heterocycles. The number of carbonyl (C=O) groups excluding carboxylic acids is 1. The highest BCUT2D eigenvalue weighted by Gasteiger charge is 2.27. The van der Waals surface area contributed by atoms with Gasteiger partial charge in [-0.3, -0.25) is 0 Å². The summed E-state index contributed by atoms with van der Waals surface area (Å²) in [6.45, 7) is 0. The summed E-state index contributed by atoms with van der Waals surface area (Å²) in [4.78, 5) is 19.9. The van der Waals surface area contributed by atoms with Gasteiger partial charge < -0.3 is 14.5 Å². The molecule has 1 aliphatic heterocycles. The van der Waals surface area contributed by atoms with Gasteiger partial charge in [-0.25, -0.2) is 4.79 Å². The zero-order valence-corrected chi connectivity index (χ0v) is 13.9. The molecule has 0 spiro atoms. The van der Waals surface area contributed by atoms with Gasteiger partial charge >= 0.3 is 5.97 Å². The van der Waals surface area contributed by atoms with Gasteiger partial charge in [0, 0.05) is 24.5 Å². The van der Waals surface area contributed by atoms with Gasteiger partial charge in [-0.1, -0.05) is 5.16 Å². The summed E-state index contributed by atoms with van der Waals surface area (Å²) in [5.41, 5.74) is 1.81. The molecule has 0 N–H and O–H groups in total. The summed E-state index contributed by atoms with van der Waals surface area (Å²) in [5, 5.41) is 5.03. The van der Waals surface area contributed by atoms with Crippen LogP contribution in [0.2, 0.25) is 0 Å². The average Bonchev–Trinajstić information content (AvgIpc) is 3.16. The van der Waals surface area contributed by atoms with E-state index in [0.717, 1.165) is 21.2 Å². The van der Waals surface area contributed by atoms with Gasteiger partial charge in [0.1, 0.15) is 11.5 Å². The molecular weight excluding hydrogens is 312 g/mol. The fourth-order valence-corrected chi connectivity index (χ4v) is 3.04. The van der Waals surface area contributed by atoms with Gasteiger partial charge in [-0.05, 0) is 42.5 Å². The predicted molar refractivity (Wildman–Crippen MR) is 92.2 cm³/mol. The van der Waals surface area contributed by atoms with Crippen molar-refractivity contribution in [2.45, 2.75) is 0 Å². The average molecular weight is 328 g/mol. The number of methoxy groups -OCH3 is 1. The Morgan fingerprint density at radius 2 is 1.91 bits per heavy atom. The number of hydrogen-bond donors (Lipinski definition) is 0. The van der Waals surface area contributed by atoms with Crippen LogP contribution < -0.4 is 9.64 Å². The molecule has 2 heterocycles. The molecule has 0 radical (unpaired) electrons. The number of carbonyl (C=O) groups is 1. The SMILES string of the molecule is COc1ccc(C2=NOC(=O)/C2=C\c2ccc(N(C)C)s2)cc1. The first-order chi connectivity index (χ1) is 11.1. The van der Waals surface area contributed by atoms with Crippen LogP contribution in [0.25, 0.3) is 6.08 Å². The first kappa shape index (κ1) is 15.3. The monoisotopic (exact) mass is 328 g/mol. The van der Waals surface area contributed by atoms with Crippen LogP contribution in [0.15, 0.2) is 47.1 Å². The Labute approximate surface area is 138 Å². The van der Waals surface area contributed by atoms with Crippen LogP contribution in [0.1, 0.15) is 10.4 Å². The highest BCUT2D eigenvalue weighted by Crippen LogP contribution is 2.28. The molecule has 0 fully saturated rings. The molecule has 1 aromatic carbocycles. The Morgan fingerprint density at radius 1 is 1.17 bits per heavy atom. The van der Waals surface area contributed by atoms with Crippen molar-refractivity contribution in [2.75, 3.05) is 26.1 Å². The lowest BCUT2D eigenvalue weighted by molar-refractivity contribution is -0.136. The Kier molecular flexibility index (Phi) is 4.16. The first-order valence-electron chi connectivity index (χ1n) is 7.01. The third kappa shape index (κ3) is 3.12. The number of benzene rings is 1. The zero-order chi connectivity index (χ0) is 16.4. The van der Waals surface area contributed by atoms with E-state index >= 15 is 0 Å². The van der Waals surface area contributed by atoms with Crippen molar-refractivity contribution in [3.05, 3.63) is 52.4 Å². The largest absolute Gasteiger partial charge is 0.497 e. The summed E-state index contributed by atoms with van der Waals surface area (Å²) in [6, 6.07) is 11.4. The normalized spacial score (nSPS) is 15.5. The number of rotatable bonds is 4. The second-order valence-corrected chi connectivity index (χ2v) is 6.27. The Bertz CT molecular complexity index is 788. The van der Waals surface area contributed by atoms with E-state index in [4.69, 9.17) is 9.57 Å². The molecule has 6 heteroatoms. The van der Waals surface area contributed by atoms with Crippen molar-refractivity contribution in [1.82, 2.24) is 0 Å². The molecule has 0 unspecified atom stereocenters. The summed E-state index contributed by atoms with van der Waals surface area (Å²) in [5.74, 6) is 0.314. The molecule has 0 aliphatic carbocycles. The van der Waals surface area contributed by atoms with Gasteiger partial charge in [0.25, 0.3) is 0 Å². The van der Waals surface area contributed by atoms with Crippen molar-refractivity contribution in [2.24, 2.45) is 5.16 Å². The Balaban J connectivity index is 1.93. The molecule has 1 aromatic heterocycles. The van der Waals surface area contributed by atoms with Crippen LogP contribution in [0, 0.1) is 0 Å². The van der Waals surface area contributed by atoms with E-state index < -0.39 is 5.97 Å². The summed E-state index contributed by atoms with van der Waals surface area (Å²) in [7, 11) is 5.58. The van der Waals surface area contributed by atoms with Crippen molar-refractivity contribution in [3.8, 4) is 5.75 Å². The second-order valence-electron chi connectivity index (χ2n) is 5.18. The Hall–Kier alpha value is -2.60. The highest BCUT2D eigenvalue weighted by molar-refractivity contribution is 7.17. The smallest absolute Gasteiger partial charge is 0.368 e. The van der Waals surface area contributed by atoms with Crippen LogP contribution in [-0.2, 0) is 9.63 Å². The predicted octanol–water partition coefficient (Wildman–Crippen LogP) is 3.17. The molecular formula is C17H16N2O3S. The number of nitrogens with zero attached hydrogens (tertiary/aromatic N) is 2. The lowest BCUT2D eigenvalue weighted by Crippen LogP contribution is -2.06. The van der Waals surface area contributed by atoms with Crippen LogP contribution in [0.5, 0.6) is 5.75 Å². The van der Waals surface area contributed by atoms with E-state index in [9.17, 15) is 4.79 Å². The van der Waals surface area contributed by atoms with E-state index in [1.165, 1.54) is 0 Å². The molecule has 1 aliphatic rings. The van der Waals surface area contributed by atoms with Crippen molar-refractivity contribution in [1.29, 1.82) is 0 Å². The maximum absolute atomic E-state index is 12.0. The maximum Gasteiger partial charge on any atom is 0.368 e. The molecule has 2 aromatic rings. The zero-order valence-electron chi connectivity index (χ0n) is 13.1. The lowest BCUT2D eigenvalue weighted by Gasteiger charge is -2.06. The van der Waals surface area contributed by atoms with Crippen molar-refractivity contribution >= 4 is 34.1 Å². The minimum Gasteiger partial charge on any atom is -0.497 e. The van der Waals surface area contributed by atoms with E-state index in [1.54, 1.807) is 18.4 Å². The summed E-state index contributed by atoms with van der Waals surface area (Å²) >= 11 is 1.60. The standard InChI is InChI=1S/C17H16N2O3S/c1-19(2)15-9-8-13(23-15)10-14-16(18-22-17(14)20)11-4-6-12(21-3)7-5-11/h4-10H,1-3H3/b14-10-. The number of oxime groups is 1. The van der Waals surface area contributed by atoms with Crippen molar-refractivity contribution < 1.29 is 14.4 Å². The minimum atomic E-state index is -0.435. The van der Waals surface area contributed by atoms with Crippen LogP contribution in [0.3, 0.4) is 0 Å². The third-order valence-corrected chi connectivity index (χ3v) is 4.60. The minimum absolute atomic E-state index is 0.435. The molecule has 0 bridgehead atoms. The highest BCUT2D eigenvalue weighted by atomic mass is 32.1. The van der Waals surface area contributed by atoms with E-state index in [2.05, 4.69) is 5.16 Å². The van der Waals surface area contributed by atoms with Gasteiger partial charge in [-0.2, -0.15) is 0 Å². The molecule has 5 nitrogen and oxygen atoms in total. The van der Waals surface area contributed by atoms with Gasteiger partial charge in [0.15, 0.2) is 0 Å². The van der Waals surface area contributed by atoms with Crippen LogP contribution in [-0.4, -0.2) is 32.9 Å². The quantitative estimate of drug-likeness (QED) is 0.639. The number of hydrogen-bond acceptors (Lipinski definition) is 6. The number of ether oxygens (including phenoxy) is 1. The first-order valence-corrected chi connectivity index (χ1v) is 7.83. The van der Waals surface area contributed by atoms with E-state index in [0.29, 0.717) is 11.3 Å². The molecule has 0 saturated carbocycles. The molecule has 3 rings (SSSR count). The fourth-order valence-electron chi connectivity index (χ4n) is 2.17. The maximum atomic E-state index is 12.0. The molecule has 0 amide bonds. The lowest BCUT2D eigenvalue weighted by atomic mass is 10.0. The summed E-state index contributed by atoms with van der Waals surface area (Å²) in [6.07, 6.45) is 1.82. The molecule has 0 atom stereocenters. The second kappa shape index (κ2) is 6.26. The Morgan fingerprint density at radius 3 is 2.52 bits per heavy atom. The fraction of sp³-hybridized carbons (Fsp3) is 0.176. The van der Waals surface area contributed by atoms with E-state index in [-0.39, 0.29) is 0 Å². The van der Waals surface area contributed by atoms with Gasteiger partial charge in [0.2, 0.25) is 0 Å². The van der Waals surface area contributed by atoms with Crippen molar-refractivity contribution in [3.63, 3.8) is 0 Å². The van der Waals surface area contributed by atoms with E-state index in [1.807, 2.05) is 61.5 Å². The topological polar surface area (TPSA) is 51.1 Å². The number of anilines is 1. The molecule has 118 valence electrons. The summed E-state index contributed by atoms with van der Waals surface area (Å²) < 4.78 is 5.14. The third-order valence-electron chi connectivity index (χ3n) is 3.40.